The SMILES string of the molecule is Cc1cc2cc(CN(Cc3ccccc3)C(=S)NC[C@H]3CCCO3)c(=O)[nH]c2cc1C. The maximum absolute atomic E-state index is 12.8. The predicted octanol–water partition coefficient (Wildman–Crippen LogP) is 4.20. The molecule has 0 saturated carbocycles. The van der Waals surface area contributed by atoms with Crippen molar-refractivity contribution in [1.82, 2.24) is 15.2 Å². The number of rotatable bonds is 6. The molecule has 0 unspecified atom stereocenters. The minimum Gasteiger partial charge on any atom is -0.376 e. The van der Waals surface area contributed by atoms with Crippen molar-refractivity contribution < 1.29 is 4.74 Å². The van der Waals surface area contributed by atoms with E-state index in [9.17, 15) is 4.79 Å². The number of thiocarbonyl (C=S) groups is 1. The largest absolute Gasteiger partial charge is 0.376 e. The molecular weight excluding hydrogens is 406 g/mol. The Balaban J connectivity index is 1.58. The number of aromatic nitrogens is 1. The van der Waals surface area contributed by atoms with Crippen molar-refractivity contribution in [1.29, 1.82) is 0 Å². The van der Waals surface area contributed by atoms with Gasteiger partial charge in [0.1, 0.15) is 0 Å². The van der Waals surface area contributed by atoms with Gasteiger partial charge in [-0.3, -0.25) is 4.79 Å². The number of H-pyrrole nitrogens is 1. The van der Waals surface area contributed by atoms with Crippen LogP contribution in [-0.4, -0.2) is 34.3 Å². The molecule has 1 aliphatic rings. The van der Waals surface area contributed by atoms with Gasteiger partial charge in [-0.25, -0.2) is 0 Å². The third-order valence-corrected chi connectivity index (χ3v) is 6.31. The van der Waals surface area contributed by atoms with Gasteiger partial charge in [-0.15, -0.1) is 0 Å². The lowest BCUT2D eigenvalue weighted by atomic mass is 10.0. The molecule has 0 radical (unpaired) electrons. The molecular formula is C25H29N3O2S. The molecule has 0 amide bonds. The lowest BCUT2D eigenvalue weighted by Crippen LogP contribution is -2.42. The number of nitrogens with zero attached hydrogens (tertiary/aromatic N) is 1. The van der Waals surface area contributed by atoms with Gasteiger partial charge in [0.2, 0.25) is 0 Å². The van der Waals surface area contributed by atoms with E-state index in [0.29, 0.717) is 30.3 Å². The average Bonchev–Trinajstić information content (AvgIpc) is 3.28. The summed E-state index contributed by atoms with van der Waals surface area (Å²) in [5.74, 6) is 0. The molecule has 3 aromatic rings. The maximum Gasteiger partial charge on any atom is 0.253 e. The van der Waals surface area contributed by atoms with E-state index in [1.807, 2.05) is 30.3 Å². The first kappa shape index (κ1) is 21.5. The molecule has 0 aliphatic carbocycles. The number of pyridine rings is 1. The van der Waals surface area contributed by atoms with Gasteiger partial charge in [0.15, 0.2) is 5.11 Å². The van der Waals surface area contributed by atoms with Crippen LogP contribution >= 0.6 is 12.2 Å². The van der Waals surface area contributed by atoms with Gasteiger partial charge >= 0.3 is 0 Å². The number of benzene rings is 2. The molecule has 2 N–H and O–H groups in total. The second-order valence-electron chi connectivity index (χ2n) is 8.31. The normalized spacial score (nSPS) is 15.9. The van der Waals surface area contributed by atoms with Crippen LogP contribution in [0.5, 0.6) is 0 Å². The number of hydrogen-bond donors (Lipinski definition) is 2. The molecule has 1 fully saturated rings. The summed E-state index contributed by atoms with van der Waals surface area (Å²) in [6, 6.07) is 16.3. The second-order valence-corrected chi connectivity index (χ2v) is 8.70. The molecule has 1 saturated heterocycles. The molecule has 1 aliphatic heterocycles. The molecule has 4 rings (SSSR count). The van der Waals surface area contributed by atoms with Crippen molar-refractivity contribution in [2.75, 3.05) is 13.2 Å². The van der Waals surface area contributed by atoms with E-state index < -0.39 is 0 Å². The molecule has 1 aromatic heterocycles. The van der Waals surface area contributed by atoms with E-state index >= 15 is 0 Å². The van der Waals surface area contributed by atoms with Crippen LogP contribution in [-0.2, 0) is 17.8 Å². The monoisotopic (exact) mass is 435 g/mol. The highest BCUT2D eigenvalue weighted by Crippen LogP contribution is 2.18. The van der Waals surface area contributed by atoms with E-state index in [-0.39, 0.29) is 11.7 Å². The van der Waals surface area contributed by atoms with Crippen molar-refractivity contribution >= 4 is 28.2 Å². The second kappa shape index (κ2) is 9.62. The minimum atomic E-state index is -0.0734. The van der Waals surface area contributed by atoms with Crippen molar-refractivity contribution in [3.05, 3.63) is 81.1 Å². The fraction of sp³-hybridized carbons (Fsp3) is 0.360. The molecule has 0 spiro atoms. The number of aryl methyl sites for hydroxylation is 2. The van der Waals surface area contributed by atoms with E-state index in [1.54, 1.807) is 0 Å². The number of hydrogen-bond acceptors (Lipinski definition) is 3. The molecule has 0 bridgehead atoms. The van der Waals surface area contributed by atoms with Crippen LogP contribution in [0.2, 0.25) is 0 Å². The number of nitrogens with one attached hydrogen (secondary N) is 2. The minimum absolute atomic E-state index is 0.0734. The lowest BCUT2D eigenvalue weighted by Gasteiger charge is -2.27. The molecule has 1 atom stereocenters. The summed E-state index contributed by atoms with van der Waals surface area (Å²) in [5.41, 5.74) is 5.02. The Morgan fingerprint density at radius 1 is 1.16 bits per heavy atom. The molecule has 162 valence electrons. The zero-order valence-corrected chi connectivity index (χ0v) is 18.9. The Morgan fingerprint density at radius 3 is 2.68 bits per heavy atom. The average molecular weight is 436 g/mol. The highest BCUT2D eigenvalue weighted by atomic mass is 32.1. The highest BCUT2D eigenvalue weighted by Gasteiger charge is 2.18. The fourth-order valence-electron chi connectivity index (χ4n) is 3.97. The number of fused-ring (bicyclic) bond motifs is 1. The third kappa shape index (κ3) is 5.32. The number of aromatic amines is 1. The lowest BCUT2D eigenvalue weighted by molar-refractivity contribution is 0.113. The van der Waals surface area contributed by atoms with Crippen molar-refractivity contribution in [2.24, 2.45) is 0 Å². The third-order valence-electron chi connectivity index (χ3n) is 5.91. The Kier molecular flexibility index (Phi) is 6.68. The summed E-state index contributed by atoms with van der Waals surface area (Å²) in [5, 5.41) is 5.03. The van der Waals surface area contributed by atoms with Gasteiger partial charge in [0.05, 0.1) is 12.6 Å². The quantitative estimate of drug-likeness (QED) is 0.569. The van der Waals surface area contributed by atoms with Gasteiger partial charge in [-0.1, -0.05) is 30.3 Å². The zero-order valence-electron chi connectivity index (χ0n) is 18.1. The first-order valence-corrected chi connectivity index (χ1v) is 11.2. The summed E-state index contributed by atoms with van der Waals surface area (Å²) in [6.07, 6.45) is 2.35. The highest BCUT2D eigenvalue weighted by molar-refractivity contribution is 7.80. The van der Waals surface area contributed by atoms with Crippen LogP contribution in [0.3, 0.4) is 0 Å². The van der Waals surface area contributed by atoms with Crippen molar-refractivity contribution in [2.45, 2.75) is 45.9 Å². The van der Waals surface area contributed by atoms with Gasteiger partial charge in [-0.2, -0.15) is 0 Å². The fourth-order valence-corrected chi connectivity index (χ4v) is 4.18. The maximum atomic E-state index is 12.8. The Morgan fingerprint density at radius 2 is 1.94 bits per heavy atom. The Labute approximate surface area is 188 Å². The number of ether oxygens (including phenoxy) is 1. The summed E-state index contributed by atoms with van der Waals surface area (Å²) < 4.78 is 5.71. The Hall–Kier alpha value is -2.70. The van der Waals surface area contributed by atoms with Gasteiger partial charge in [0.25, 0.3) is 5.56 Å². The predicted molar refractivity (Wildman–Crippen MR) is 129 cm³/mol. The molecule has 6 heteroatoms. The first-order valence-electron chi connectivity index (χ1n) is 10.8. The van der Waals surface area contributed by atoms with Crippen LogP contribution in [0.15, 0.2) is 53.3 Å². The Bertz CT molecular complexity index is 1120. The first-order chi connectivity index (χ1) is 15.0. The van der Waals surface area contributed by atoms with Gasteiger partial charge < -0.3 is 19.9 Å². The van der Waals surface area contributed by atoms with Crippen LogP contribution < -0.4 is 10.9 Å². The van der Waals surface area contributed by atoms with Crippen LogP contribution in [0.25, 0.3) is 10.9 Å². The summed E-state index contributed by atoms with van der Waals surface area (Å²) >= 11 is 5.73. The summed E-state index contributed by atoms with van der Waals surface area (Å²) in [7, 11) is 0. The van der Waals surface area contributed by atoms with Crippen molar-refractivity contribution in [3.63, 3.8) is 0 Å². The van der Waals surface area contributed by atoms with Crippen LogP contribution in [0.1, 0.15) is 35.1 Å². The van der Waals surface area contributed by atoms with E-state index in [1.165, 1.54) is 11.1 Å². The van der Waals surface area contributed by atoms with Gasteiger partial charge in [0, 0.05) is 30.8 Å². The smallest absolute Gasteiger partial charge is 0.253 e. The van der Waals surface area contributed by atoms with Crippen molar-refractivity contribution in [3.8, 4) is 0 Å². The van der Waals surface area contributed by atoms with E-state index in [0.717, 1.165) is 35.9 Å². The summed E-state index contributed by atoms with van der Waals surface area (Å²) in [6.45, 7) is 6.72. The molecule has 31 heavy (non-hydrogen) atoms. The van der Waals surface area contributed by atoms with Crippen LogP contribution in [0, 0.1) is 13.8 Å². The standard InChI is InChI=1S/C25H29N3O2S/c1-17-11-20-13-21(24(29)27-23(20)12-18(17)2)16-28(15-19-7-4-3-5-8-19)25(31)26-14-22-9-6-10-30-22/h3-5,7-8,11-13,22H,6,9-10,14-16H2,1-2H3,(H,26,31)(H,27,29)/t22-/m1/s1. The van der Waals surface area contributed by atoms with Gasteiger partial charge in [-0.05, 0) is 79.2 Å². The topological polar surface area (TPSA) is 57.4 Å². The molecule has 5 nitrogen and oxygen atoms in total. The zero-order chi connectivity index (χ0) is 21.8. The molecule has 2 aromatic carbocycles. The molecule has 2 heterocycles. The van der Waals surface area contributed by atoms with Crippen LogP contribution in [0.4, 0.5) is 0 Å². The van der Waals surface area contributed by atoms with E-state index in [2.05, 4.69) is 47.2 Å². The summed E-state index contributed by atoms with van der Waals surface area (Å²) in [4.78, 5) is 17.9. The van der Waals surface area contributed by atoms with E-state index in [4.69, 9.17) is 17.0 Å².